The standard InChI is InChI=1S/C21H20ClN7O2/c1-11(12-3-2-4-14(22)7-12)24-17-9-18(25-15-5-6-15)29-19(27-17)13(10-23-29)8-16-20(30)28-21(31)26-16/h2-4,7-11,15,25H,5-6H2,1H3,(H,24,27)(H2,26,28,30,31). The van der Waals surface area contributed by atoms with Gasteiger partial charge in [0.15, 0.2) is 5.65 Å². The first-order valence-electron chi connectivity index (χ1n) is 9.97. The van der Waals surface area contributed by atoms with Crippen molar-refractivity contribution in [2.24, 2.45) is 0 Å². The maximum atomic E-state index is 11.9. The van der Waals surface area contributed by atoms with Gasteiger partial charge in [-0.15, -0.1) is 0 Å². The molecule has 158 valence electrons. The Hall–Kier alpha value is -3.59. The molecule has 3 aromatic rings. The fraction of sp³-hybridized carbons (Fsp3) is 0.238. The zero-order valence-corrected chi connectivity index (χ0v) is 17.4. The van der Waals surface area contributed by atoms with Crippen LogP contribution in [0.4, 0.5) is 16.4 Å². The van der Waals surface area contributed by atoms with Crippen molar-refractivity contribution in [2.75, 3.05) is 10.6 Å². The summed E-state index contributed by atoms with van der Waals surface area (Å²) in [6, 6.07) is 9.41. The summed E-state index contributed by atoms with van der Waals surface area (Å²) in [5.74, 6) is 0.977. The van der Waals surface area contributed by atoms with Gasteiger partial charge < -0.3 is 16.0 Å². The second-order valence-corrected chi connectivity index (χ2v) is 8.10. The minimum absolute atomic E-state index is 0.0351. The van der Waals surface area contributed by atoms with Gasteiger partial charge >= 0.3 is 6.03 Å². The van der Waals surface area contributed by atoms with Crippen molar-refractivity contribution < 1.29 is 9.59 Å². The third-order valence-corrected chi connectivity index (χ3v) is 5.40. The van der Waals surface area contributed by atoms with Gasteiger partial charge in [0, 0.05) is 28.7 Å². The number of anilines is 2. The molecule has 10 heteroatoms. The van der Waals surface area contributed by atoms with E-state index in [0.717, 1.165) is 24.2 Å². The molecule has 1 atom stereocenters. The van der Waals surface area contributed by atoms with E-state index in [1.54, 1.807) is 16.8 Å². The SMILES string of the molecule is CC(Nc1cc(NC2CC2)n2ncc(C=C3NC(=O)NC3=O)c2n1)c1cccc(Cl)c1. The van der Waals surface area contributed by atoms with Crippen molar-refractivity contribution in [1.82, 2.24) is 25.2 Å². The lowest BCUT2D eigenvalue weighted by Crippen LogP contribution is -2.22. The molecule has 9 nitrogen and oxygen atoms in total. The molecule has 2 aromatic heterocycles. The number of hydrogen-bond donors (Lipinski definition) is 4. The number of carbonyl (C=O) groups excluding carboxylic acids is 2. The van der Waals surface area contributed by atoms with E-state index in [1.807, 2.05) is 37.3 Å². The van der Waals surface area contributed by atoms with E-state index in [1.165, 1.54) is 0 Å². The Morgan fingerprint density at radius 1 is 1.26 bits per heavy atom. The molecule has 5 rings (SSSR count). The molecule has 1 aliphatic heterocycles. The zero-order chi connectivity index (χ0) is 21.5. The molecular weight excluding hydrogens is 418 g/mol. The van der Waals surface area contributed by atoms with Crippen LogP contribution in [-0.4, -0.2) is 32.6 Å². The first-order chi connectivity index (χ1) is 15.0. The predicted octanol–water partition coefficient (Wildman–Crippen LogP) is 3.31. The summed E-state index contributed by atoms with van der Waals surface area (Å²) in [5.41, 5.74) is 2.37. The van der Waals surface area contributed by atoms with Crippen LogP contribution >= 0.6 is 11.6 Å². The zero-order valence-electron chi connectivity index (χ0n) is 16.6. The molecule has 3 amide bonds. The van der Waals surface area contributed by atoms with E-state index in [-0.39, 0.29) is 11.7 Å². The molecule has 2 aliphatic rings. The maximum Gasteiger partial charge on any atom is 0.326 e. The van der Waals surface area contributed by atoms with Gasteiger partial charge in [-0.25, -0.2) is 9.78 Å². The van der Waals surface area contributed by atoms with Crippen LogP contribution in [0.3, 0.4) is 0 Å². The Labute approximate surface area is 182 Å². The molecule has 31 heavy (non-hydrogen) atoms. The molecule has 4 N–H and O–H groups in total. The van der Waals surface area contributed by atoms with Crippen LogP contribution in [0.15, 0.2) is 42.2 Å². The fourth-order valence-corrected chi connectivity index (χ4v) is 3.61. The second-order valence-electron chi connectivity index (χ2n) is 7.67. The van der Waals surface area contributed by atoms with Gasteiger partial charge in [0.05, 0.1) is 6.20 Å². The van der Waals surface area contributed by atoms with Crippen LogP contribution in [0.5, 0.6) is 0 Å². The maximum absolute atomic E-state index is 11.9. The smallest absolute Gasteiger partial charge is 0.326 e. The van der Waals surface area contributed by atoms with Gasteiger partial charge in [0.25, 0.3) is 5.91 Å². The summed E-state index contributed by atoms with van der Waals surface area (Å²) in [4.78, 5) is 28.1. The third kappa shape index (κ3) is 4.04. The Balaban J connectivity index is 1.53. The molecule has 1 unspecified atom stereocenters. The number of aromatic nitrogens is 3. The van der Waals surface area contributed by atoms with Gasteiger partial charge in [-0.1, -0.05) is 23.7 Å². The Morgan fingerprint density at radius 3 is 2.81 bits per heavy atom. The normalized spacial score (nSPS) is 18.2. The number of nitrogens with one attached hydrogen (secondary N) is 4. The van der Waals surface area contributed by atoms with E-state index >= 15 is 0 Å². The second kappa shape index (κ2) is 7.59. The molecular formula is C21H20ClN7O2. The lowest BCUT2D eigenvalue weighted by Gasteiger charge is -2.17. The van der Waals surface area contributed by atoms with Crippen LogP contribution in [0.2, 0.25) is 5.02 Å². The number of nitrogens with zero attached hydrogens (tertiary/aromatic N) is 3. The summed E-state index contributed by atoms with van der Waals surface area (Å²) < 4.78 is 1.70. The minimum atomic E-state index is -0.547. The van der Waals surface area contributed by atoms with E-state index in [9.17, 15) is 9.59 Å². The average Bonchev–Trinajstić information content (AvgIpc) is 3.37. The largest absolute Gasteiger partial charge is 0.367 e. The number of hydrogen-bond acceptors (Lipinski definition) is 6. The number of halogens is 1. The highest BCUT2D eigenvalue weighted by Crippen LogP contribution is 2.29. The number of carbonyl (C=O) groups is 2. The van der Waals surface area contributed by atoms with Gasteiger partial charge in [0.2, 0.25) is 0 Å². The number of fused-ring (bicyclic) bond motifs is 1. The molecule has 0 bridgehead atoms. The van der Waals surface area contributed by atoms with Crippen LogP contribution in [0.25, 0.3) is 11.7 Å². The highest BCUT2D eigenvalue weighted by Gasteiger charge is 2.25. The van der Waals surface area contributed by atoms with E-state index in [2.05, 4.69) is 26.4 Å². The van der Waals surface area contributed by atoms with Crippen molar-refractivity contribution in [2.45, 2.75) is 31.8 Å². The molecule has 1 aliphatic carbocycles. The Kier molecular flexibility index (Phi) is 4.74. The van der Waals surface area contributed by atoms with Crippen molar-refractivity contribution in [3.8, 4) is 0 Å². The summed E-state index contributed by atoms with van der Waals surface area (Å²) in [7, 11) is 0. The van der Waals surface area contributed by atoms with Crippen LogP contribution in [-0.2, 0) is 4.79 Å². The summed E-state index contributed by atoms with van der Waals surface area (Å²) in [6.07, 6.45) is 5.40. The highest BCUT2D eigenvalue weighted by atomic mass is 35.5. The quantitative estimate of drug-likeness (QED) is 0.347. The number of urea groups is 1. The van der Waals surface area contributed by atoms with Crippen molar-refractivity contribution in [3.05, 3.63) is 58.4 Å². The van der Waals surface area contributed by atoms with E-state index in [0.29, 0.717) is 28.1 Å². The molecule has 3 heterocycles. The van der Waals surface area contributed by atoms with Gasteiger partial charge in [0.1, 0.15) is 17.3 Å². The van der Waals surface area contributed by atoms with Crippen molar-refractivity contribution in [1.29, 1.82) is 0 Å². The number of benzene rings is 1. The van der Waals surface area contributed by atoms with Crippen molar-refractivity contribution >= 4 is 46.9 Å². The lowest BCUT2D eigenvalue weighted by molar-refractivity contribution is -0.115. The summed E-state index contributed by atoms with van der Waals surface area (Å²) >= 11 is 6.13. The van der Waals surface area contributed by atoms with Gasteiger partial charge in [-0.2, -0.15) is 9.61 Å². The van der Waals surface area contributed by atoms with Gasteiger partial charge in [-0.3, -0.25) is 10.1 Å². The average molecular weight is 438 g/mol. The van der Waals surface area contributed by atoms with Crippen molar-refractivity contribution in [3.63, 3.8) is 0 Å². The van der Waals surface area contributed by atoms with Gasteiger partial charge in [-0.05, 0) is 43.5 Å². The number of imide groups is 1. The Bertz CT molecular complexity index is 1230. The third-order valence-electron chi connectivity index (χ3n) is 5.16. The first kappa shape index (κ1) is 19.4. The molecule has 1 saturated heterocycles. The summed E-state index contributed by atoms with van der Waals surface area (Å²) in [6.45, 7) is 2.03. The van der Waals surface area contributed by atoms with E-state index in [4.69, 9.17) is 16.6 Å². The topological polar surface area (TPSA) is 112 Å². The lowest BCUT2D eigenvalue weighted by atomic mass is 10.1. The predicted molar refractivity (Wildman–Crippen MR) is 118 cm³/mol. The summed E-state index contributed by atoms with van der Waals surface area (Å²) in [5, 5.41) is 16.7. The van der Waals surface area contributed by atoms with E-state index < -0.39 is 11.9 Å². The number of rotatable bonds is 6. The highest BCUT2D eigenvalue weighted by molar-refractivity contribution is 6.30. The molecule has 2 fully saturated rings. The fourth-order valence-electron chi connectivity index (χ4n) is 3.41. The van der Waals surface area contributed by atoms with Crippen LogP contribution in [0, 0.1) is 0 Å². The Morgan fingerprint density at radius 2 is 2.10 bits per heavy atom. The molecule has 1 aromatic carbocycles. The monoisotopic (exact) mass is 437 g/mol. The molecule has 0 radical (unpaired) electrons. The first-order valence-corrected chi connectivity index (χ1v) is 10.4. The molecule has 1 saturated carbocycles. The number of amides is 3. The van der Waals surface area contributed by atoms with Crippen LogP contribution in [0.1, 0.15) is 36.9 Å². The minimum Gasteiger partial charge on any atom is -0.367 e. The van der Waals surface area contributed by atoms with Crippen LogP contribution < -0.4 is 21.3 Å². The molecule has 0 spiro atoms.